The fourth-order valence-corrected chi connectivity index (χ4v) is 1.78. The van der Waals surface area contributed by atoms with Crippen LogP contribution in [0.25, 0.3) is 0 Å². The van der Waals surface area contributed by atoms with Crippen LogP contribution in [-0.2, 0) is 11.2 Å². The molecule has 100 valence electrons. The Hall–Kier alpha value is -1.35. The summed E-state index contributed by atoms with van der Waals surface area (Å²) in [5.74, 6) is 0.552. The lowest BCUT2D eigenvalue weighted by molar-refractivity contribution is -0.122. The minimum absolute atomic E-state index is 0.0255. The summed E-state index contributed by atoms with van der Waals surface area (Å²) in [6, 6.07) is 9.70. The van der Waals surface area contributed by atoms with Gasteiger partial charge in [-0.1, -0.05) is 44.2 Å². The van der Waals surface area contributed by atoms with E-state index in [0.29, 0.717) is 18.8 Å². The molecule has 0 spiro atoms. The number of aliphatic hydroxyl groups excluding tert-OH is 1. The van der Waals surface area contributed by atoms with Gasteiger partial charge in [0.25, 0.3) is 0 Å². The van der Waals surface area contributed by atoms with Gasteiger partial charge in [0.1, 0.15) is 0 Å². The summed E-state index contributed by atoms with van der Waals surface area (Å²) >= 11 is 0. The quantitative estimate of drug-likeness (QED) is 0.778. The molecule has 1 amide bonds. The summed E-state index contributed by atoms with van der Waals surface area (Å²) < 4.78 is 0. The molecule has 1 aromatic carbocycles. The van der Waals surface area contributed by atoms with Crippen LogP contribution < -0.4 is 5.32 Å². The third kappa shape index (κ3) is 5.82. The lowest BCUT2D eigenvalue weighted by Gasteiger charge is -2.16. The Morgan fingerprint density at radius 1 is 1.28 bits per heavy atom. The number of hydrogen-bond donors (Lipinski definition) is 2. The van der Waals surface area contributed by atoms with Crippen molar-refractivity contribution in [2.24, 2.45) is 5.92 Å². The lowest BCUT2D eigenvalue weighted by Crippen LogP contribution is -2.39. The predicted octanol–water partition coefficient (Wildman–Crippen LogP) is 2.14. The minimum atomic E-state index is -0.188. The molecule has 0 aromatic heterocycles. The molecule has 0 aliphatic heterocycles. The number of aliphatic hydroxyl groups is 1. The van der Waals surface area contributed by atoms with E-state index < -0.39 is 0 Å². The second kappa shape index (κ2) is 7.88. The zero-order valence-corrected chi connectivity index (χ0v) is 11.2. The Labute approximate surface area is 109 Å². The van der Waals surface area contributed by atoms with E-state index in [1.807, 2.05) is 30.3 Å². The van der Waals surface area contributed by atoms with Gasteiger partial charge in [-0.2, -0.15) is 0 Å². The Morgan fingerprint density at radius 3 is 2.50 bits per heavy atom. The van der Waals surface area contributed by atoms with Crippen molar-refractivity contribution in [3.63, 3.8) is 0 Å². The highest BCUT2D eigenvalue weighted by molar-refractivity contribution is 5.76. The SMILES string of the molecule is CC(C)CCC(=O)N[C@H](CO)Cc1ccccc1. The molecular weight excluding hydrogens is 226 g/mol. The van der Waals surface area contributed by atoms with E-state index in [1.165, 1.54) is 0 Å². The maximum atomic E-state index is 11.7. The van der Waals surface area contributed by atoms with Crippen LogP contribution in [0.3, 0.4) is 0 Å². The summed E-state index contributed by atoms with van der Waals surface area (Å²) in [7, 11) is 0. The number of carbonyl (C=O) groups is 1. The summed E-state index contributed by atoms with van der Waals surface area (Å²) in [6.45, 7) is 4.17. The minimum Gasteiger partial charge on any atom is -0.394 e. The van der Waals surface area contributed by atoms with Gasteiger partial charge in [-0.15, -0.1) is 0 Å². The number of hydrogen-bond acceptors (Lipinski definition) is 2. The molecule has 0 aliphatic rings. The molecule has 0 saturated heterocycles. The van der Waals surface area contributed by atoms with Crippen LogP contribution in [0, 0.1) is 5.92 Å². The van der Waals surface area contributed by atoms with Gasteiger partial charge < -0.3 is 10.4 Å². The molecule has 0 bridgehead atoms. The third-order valence-corrected chi connectivity index (χ3v) is 2.86. The summed E-state index contributed by atoms with van der Waals surface area (Å²) in [5.41, 5.74) is 1.13. The van der Waals surface area contributed by atoms with E-state index in [-0.39, 0.29) is 18.6 Å². The average Bonchev–Trinajstić information content (AvgIpc) is 2.37. The Morgan fingerprint density at radius 2 is 1.94 bits per heavy atom. The molecule has 1 atom stereocenters. The highest BCUT2D eigenvalue weighted by Gasteiger charge is 2.12. The van der Waals surface area contributed by atoms with Gasteiger partial charge in [0.15, 0.2) is 0 Å². The lowest BCUT2D eigenvalue weighted by atomic mass is 10.1. The first-order valence-electron chi connectivity index (χ1n) is 6.56. The number of rotatable bonds is 7. The fraction of sp³-hybridized carbons (Fsp3) is 0.533. The second-order valence-corrected chi connectivity index (χ2v) is 5.07. The van der Waals surface area contributed by atoms with E-state index in [9.17, 15) is 9.90 Å². The highest BCUT2D eigenvalue weighted by Crippen LogP contribution is 2.05. The van der Waals surface area contributed by atoms with Crippen LogP contribution in [0.4, 0.5) is 0 Å². The predicted molar refractivity (Wildman–Crippen MR) is 73.2 cm³/mol. The molecule has 0 radical (unpaired) electrons. The number of nitrogens with one attached hydrogen (secondary N) is 1. The molecule has 0 saturated carbocycles. The van der Waals surface area contributed by atoms with Crippen molar-refractivity contribution < 1.29 is 9.90 Å². The van der Waals surface area contributed by atoms with Gasteiger partial charge in [0, 0.05) is 6.42 Å². The normalized spacial score (nSPS) is 12.4. The van der Waals surface area contributed by atoms with Crippen molar-refractivity contribution in [3.05, 3.63) is 35.9 Å². The standard InChI is InChI=1S/C15H23NO2/c1-12(2)8-9-15(18)16-14(11-17)10-13-6-4-3-5-7-13/h3-7,12,14,17H,8-11H2,1-2H3,(H,16,18)/t14-/m0/s1. The first-order chi connectivity index (χ1) is 8.61. The van der Waals surface area contributed by atoms with Gasteiger partial charge in [-0.25, -0.2) is 0 Å². The molecule has 3 nitrogen and oxygen atoms in total. The number of benzene rings is 1. The Kier molecular flexibility index (Phi) is 6.44. The summed E-state index contributed by atoms with van der Waals surface area (Å²) in [5, 5.41) is 12.2. The monoisotopic (exact) mass is 249 g/mol. The average molecular weight is 249 g/mol. The Bertz CT molecular complexity index is 349. The molecule has 0 fully saturated rings. The van der Waals surface area contributed by atoms with Gasteiger partial charge in [0.2, 0.25) is 5.91 Å². The van der Waals surface area contributed by atoms with Crippen LogP contribution in [-0.4, -0.2) is 23.7 Å². The molecule has 0 aliphatic carbocycles. The maximum absolute atomic E-state index is 11.7. The molecule has 1 rings (SSSR count). The van der Waals surface area contributed by atoms with Crippen LogP contribution >= 0.6 is 0 Å². The van der Waals surface area contributed by atoms with Gasteiger partial charge in [-0.3, -0.25) is 4.79 Å². The molecule has 18 heavy (non-hydrogen) atoms. The van der Waals surface area contributed by atoms with E-state index in [2.05, 4.69) is 19.2 Å². The molecule has 2 N–H and O–H groups in total. The third-order valence-electron chi connectivity index (χ3n) is 2.86. The summed E-state index contributed by atoms with van der Waals surface area (Å²) in [4.78, 5) is 11.7. The van der Waals surface area contributed by atoms with Crippen LogP contribution in [0.2, 0.25) is 0 Å². The fourth-order valence-electron chi connectivity index (χ4n) is 1.78. The van der Waals surface area contributed by atoms with Crippen molar-refractivity contribution in [2.75, 3.05) is 6.61 Å². The number of amides is 1. The van der Waals surface area contributed by atoms with E-state index in [0.717, 1.165) is 12.0 Å². The van der Waals surface area contributed by atoms with Gasteiger partial charge in [-0.05, 0) is 24.3 Å². The first-order valence-corrected chi connectivity index (χ1v) is 6.56. The smallest absolute Gasteiger partial charge is 0.220 e. The first kappa shape index (κ1) is 14.7. The summed E-state index contributed by atoms with van der Waals surface area (Å²) in [6.07, 6.45) is 2.09. The number of carbonyl (C=O) groups excluding carboxylic acids is 1. The van der Waals surface area contributed by atoms with E-state index in [4.69, 9.17) is 0 Å². The van der Waals surface area contributed by atoms with E-state index in [1.54, 1.807) is 0 Å². The highest BCUT2D eigenvalue weighted by atomic mass is 16.3. The molecule has 1 aromatic rings. The zero-order valence-electron chi connectivity index (χ0n) is 11.2. The molecular formula is C15H23NO2. The topological polar surface area (TPSA) is 49.3 Å². The molecule has 0 unspecified atom stereocenters. The molecule has 3 heteroatoms. The van der Waals surface area contributed by atoms with Crippen LogP contribution in [0.15, 0.2) is 30.3 Å². The van der Waals surface area contributed by atoms with E-state index >= 15 is 0 Å². The van der Waals surface area contributed by atoms with Crippen LogP contribution in [0.5, 0.6) is 0 Å². The maximum Gasteiger partial charge on any atom is 0.220 e. The van der Waals surface area contributed by atoms with Crippen molar-refractivity contribution in [3.8, 4) is 0 Å². The van der Waals surface area contributed by atoms with Crippen LogP contribution in [0.1, 0.15) is 32.3 Å². The zero-order chi connectivity index (χ0) is 13.4. The largest absolute Gasteiger partial charge is 0.394 e. The second-order valence-electron chi connectivity index (χ2n) is 5.07. The van der Waals surface area contributed by atoms with Gasteiger partial charge >= 0.3 is 0 Å². The Balaban J connectivity index is 2.40. The van der Waals surface area contributed by atoms with Gasteiger partial charge in [0.05, 0.1) is 12.6 Å². The molecule has 0 heterocycles. The van der Waals surface area contributed by atoms with Crippen molar-refractivity contribution in [2.45, 2.75) is 39.2 Å². The van der Waals surface area contributed by atoms with Crippen molar-refractivity contribution in [1.29, 1.82) is 0 Å². The van der Waals surface area contributed by atoms with Crippen molar-refractivity contribution >= 4 is 5.91 Å². The van der Waals surface area contributed by atoms with Crippen molar-refractivity contribution in [1.82, 2.24) is 5.32 Å².